The average molecular weight is 357 g/mol. The summed E-state index contributed by atoms with van der Waals surface area (Å²) in [6.45, 7) is 4.26. The fourth-order valence-corrected chi connectivity index (χ4v) is 3.23. The van der Waals surface area contributed by atoms with Crippen LogP contribution in [-0.4, -0.2) is 32.6 Å². The SMILES string of the molecule is CC(C)c1ccc(/C=C/C(=O)c2cccc(S(=O)(=O)N(C)C)c2)cc1. The fourth-order valence-electron chi connectivity index (χ4n) is 2.28. The van der Waals surface area contributed by atoms with Gasteiger partial charge < -0.3 is 0 Å². The molecule has 0 aliphatic heterocycles. The van der Waals surface area contributed by atoms with Gasteiger partial charge in [0.15, 0.2) is 5.78 Å². The van der Waals surface area contributed by atoms with Gasteiger partial charge in [-0.1, -0.05) is 56.3 Å². The lowest BCUT2D eigenvalue weighted by Crippen LogP contribution is -2.22. The predicted octanol–water partition coefficient (Wildman–Crippen LogP) is 3.96. The number of hydrogen-bond donors (Lipinski definition) is 0. The van der Waals surface area contributed by atoms with E-state index in [0.717, 1.165) is 9.87 Å². The molecule has 2 rings (SSSR count). The van der Waals surface area contributed by atoms with Gasteiger partial charge in [0.25, 0.3) is 0 Å². The van der Waals surface area contributed by atoms with Crippen molar-refractivity contribution in [2.75, 3.05) is 14.1 Å². The highest BCUT2D eigenvalue weighted by Gasteiger charge is 2.18. The lowest BCUT2D eigenvalue weighted by molar-refractivity contribution is 0.104. The third kappa shape index (κ3) is 4.65. The van der Waals surface area contributed by atoms with E-state index in [2.05, 4.69) is 13.8 Å². The summed E-state index contributed by atoms with van der Waals surface area (Å²) in [5, 5.41) is 0. The normalized spacial score (nSPS) is 12.2. The first-order chi connectivity index (χ1) is 11.7. The van der Waals surface area contributed by atoms with Crippen LogP contribution in [0.2, 0.25) is 0 Å². The van der Waals surface area contributed by atoms with Crippen LogP contribution in [0.4, 0.5) is 0 Å². The highest BCUT2D eigenvalue weighted by atomic mass is 32.2. The number of allylic oxidation sites excluding steroid dienone is 1. The summed E-state index contributed by atoms with van der Waals surface area (Å²) in [5.41, 5.74) is 2.51. The maximum absolute atomic E-state index is 12.3. The van der Waals surface area contributed by atoms with Gasteiger partial charge in [0.05, 0.1) is 4.90 Å². The molecular formula is C20H23NO3S. The summed E-state index contributed by atoms with van der Waals surface area (Å²) in [6, 6.07) is 14.1. The number of benzene rings is 2. The first-order valence-electron chi connectivity index (χ1n) is 8.07. The van der Waals surface area contributed by atoms with Crippen LogP contribution in [0, 0.1) is 0 Å². The first kappa shape index (κ1) is 19.1. The number of carbonyl (C=O) groups is 1. The molecule has 0 amide bonds. The van der Waals surface area contributed by atoms with Gasteiger partial charge in [-0.25, -0.2) is 12.7 Å². The molecule has 0 aliphatic carbocycles. The summed E-state index contributed by atoms with van der Waals surface area (Å²) in [5.74, 6) is 0.227. The quantitative estimate of drug-likeness (QED) is 0.581. The van der Waals surface area contributed by atoms with Gasteiger partial charge in [0.1, 0.15) is 0 Å². The number of rotatable bonds is 6. The number of nitrogens with zero attached hydrogens (tertiary/aromatic N) is 1. The molecule has 0 aliphatic rings. The van der Waals surface area contributed by atoms with Gasteiger partial charge in [0.2, 0.25) is 10.0 Å². The molecule has 0 atom stereocenters. The molecule has 132 valence electrons. The Balaban J connectivity index is 2.21. The molecule has 4 nitrogen and oxygen atoms in total. The average Bonchev–Trinajstić information content (AvgIpc) is 2.60. The van der Waals surface area contributed by atoms with Gasteiger partial charge in [0, 0.05) is 19.7 Å². The van der Waals surface area contributed by atoms with Gasteiger partial charge in [-0.3, -0.25) is 4.79 Å². The van der Waals surface area contributed by atoms with Crippen LogP contribution >= 0.6 is 0 Å². The summed E-state index contributed by atoms with van der Waals surface area (Å²) >= 11 is 0. The predicted molar refractivity (Wildman–Crippen MR) is 101 cm³/mol. The fraction of sp³-hybridized carbons (Fsp3) is 0.250. The Morgan fingerprint density at radius 3 is 2.24 bits per heavy atom. The highest BCUT2D eigenvalue weighted by molar-refractivity contribution is 7.89. The van der Waals surface area contributed by atoms with Crippen molar-refractivity contribution >= 4 is 21.9 Å². The number of hydrogen-bond acceptors (Lipinski definition) is 3. The van der Waals surface area contributed by atoms with Crippen molar-refractivity contribution < 1.29 is 13.2 Å². The zero-order valence-corrected chi connectivity index (χ0v) is 15.7. The van der Waals surface area contributed by atoms with E-state index in [-0.39, 0.29) is 10.7 Å². The van der Waals surface area contributed by atoms with Crippen molar-refractivity contribution in [1.82, 2.24) is 4.31 Å². The van der Waals surface area contributed by atoms with Gasteiger partial charge >= 0.3 is 0 Å². The van der Waals surface area contributed by atoms with Crippen molar-refractivity contribution in [2.24, 2.45) is 0 Å². The van der Waals surface area contributed by atoms with Gasteiger partial charge in [-0.2, -0.15) is 0 Å². The molecule has 0 radical (unpaired) electrons. The Hall–Kier alpha value is -2.24. The van der Waals surface area contributed by atoms with Crippen LogP contribution in [0.5, 0.6) is 0 Å². The van der Waals surface area contributed by atoms with Crippen molar-refractivity contribution in [3.8, 4) is 0 Å². The van der Waals surface area contributed by atoms with Crippen LogP contribution in [0.1, 0.15) is 41.3 Å². The molecule has 0 aromatic heterocycles. The Morgan fingerprint density at radius 1 is 1.04 bits per heavy atom. The minimum Gasteiger partial charge on any atom is -0.289 e. The number of carbonyl (C=O) groups excluding carboxylic acids is 1. The lowest BCUT2D eigenvalue weighted by Gasteiger charge is -2.11. The zero-order valence-electron chi connectivity index (χ0n) is 14.9. The van der Waals surface area contributed by atoms with Gasteiger partial charge in [-0.15, -0.1) is 0 Å². The molecule has 0 fully saturated rings. The van der Waals surface area contributed by atoms with E-state index < -0.39 is 10.0 Å². The number of ketones is 1. The van der Waals surface area contributed by atoms with Crippen LogP contribution in [0.3, 0.4) is 0 Å². The second kappa shape index (κ2) is 7.76. The molecule has 2 aromatic rings. The summed E-state index contributed by atoms with van der Waals surface area (Å²) in [7, 11) is -0.630. The maximum Gasteiger partial charge on any atom is 0.242 e. The molecule has 0 bridgehead atoms. The van der Waals surface area contributed by atoms with E-state index in [1.807, 2.05) is 24.3 Å². The third-order valence-electron chi connectivity index (χ3n) is 3.93. The maximum atomic E-state index is 12.3. The standard InChI is InChI=1S/C20H23NO3S/c1-15(2)17-11-8-16(9-12-17)10-13-20(22)18-6-5-7-19(14-18)25(23,24)21(3)4/h5-15H,1-4H3/b13-10+. The Bertz CT molecular complexity index is 879. The Labute approximate surface area is 149 Å². The molecule has 0 unspecified atom stereocenters. The first-order valence-corrected chi connectivity index (χ1v) is 9.51. The molecule has 0 N–H and O–H groups in total. The van der Waals surface area contributed by atoms with E-state index in [9.17, 15) is 13.2 Å². The summed E-state index contributed by atoms with van der Waals surface area (Å²) in [6.07, 6.45) is 3.20. The molecule has 0 spiro atoms. The summed E-state index contributed by atoms with van der Waals surface area (Å²) in [4.78, 5) is 12.5. The van der Waals surface area contributed by atoms with Crippen LogP contribution in [-0.2, 0) is 10.0 Å². The van der Waals surface area contributed by atoms with Crippen LogP contribution < -0.4 is 0 Å². The van der Waals surface area contributed by atoms with Crippen molar-refractivity contribution in [2.45, 2.75) is 24.7 Å². The van der Waals surface area contributed by atoms with Gasteiger partial charge in [-0.05, 0) is 35.3 Å². The number of sulfonamides is 1. The monoisotopic (exact) mass is 357 g/mol. The highest BCUT2D eigenvalue weighted by Crippen LogP contribution is 2.17. The third-order valence-corrected chi connectivity index (χ3v) is 5.74. The van der Waals surface area contributed by atoms with Crippen molar-refractivity contribution in [3.63, 3.8) is 0 Å². The van der Waals surface area contributed by atoms with E-state index in [4.69, 9.17) is 0 Å². The smallest absolute Gasteiger partial charge is 0.242 e. The minimum atomic E-state index is -3.56. The van der Waals surface area contributed by atoms with Crippen LogP contribution in [0.25, 0.3) is 6.08 Å². The molecule has 0 heterocycles. The zero-order chi connectivity index (χ0) is 18.6. The molecule has 25 heavy (non-hydrogen) atoms. The van der Waals surface area contributed by atoms with Crippen molar-refractivity contribution in [1.29, 1.82) is 0 Å². The van der Waals surface area contributed by atoms with E-state index in [1.165, 1.54) is 37.9 Å². The molecule has 2 aromatic carbocycles. The topological polar surface area (TPSA) is 54.5 Å². The molecule has 0 saturated carbocycles. The van der Waals surface area contributed by atoms with E-state index >= 15 is 0 Å². The molecular weight excluding hydrogens is 334 g/mol. The second-order valence-corrected chi connectivity index (χ2v) is 8.49. The summed E-state index contributed by atoms with van der Waals surface area (Å²) < 4.78 is 25.5. The molecule has 0 saturated heterocycles. The second-order valence-electron chi connectivity index (χ2n) is 6.33. The lowest BCUT2D eigenvalue weighted by atomic mass is 10.0. The van der Waals surface area contributed by atoms with E-state index in [0.29, 0.717) is 11.5 Å². The Morgan fingerprint density at radius 2 is 1.68 bits per heavy atom. The van der Waals surface area contributed by atoms with Crippen molar-refractivity contribution in [3.05, 3.63) is 71.3 Å². The van der Waals surface area contributed by atoms with E-state index in [1.54, 1.807) is 18.2 Å². The largest absolute Gasteiger partial charge is 0.289 e. The Kier molecular flexibility index (Phi) is 5.93. The molecule has 5 heteroatoms. The van der Waals surface area contributed by atoms with Crippen LogP contribution in [0.15, 0.2) is 59.5 Å². The minimum absolute atomic E-state index is 0.109.